The summed E-state index contributed by atoms with van der Waals surface area (Å²) in [7, 11) is -3.27. The zero-order valence-electron chi connectivity index (χ0n) is 11.8. The fraction of sp³-hybridized carbons (Fsp3) is 0.571. The van der Waals surface area contributed by atoms with Gasteiger partial charge in [-0.25, -0.2) is 8.42 Å². The van der Waals surface area contributed by atoms with Crippen LogP contribution in [0.4, 0.5) is 11.4 Å². The Kier molecular flexibility index (Phi) is 4.81. The largest absolute Gasteiger partial charge is 0.381 e. The Balaban J connectivity index is 2.09. The first-order valence-electron chi connectivity index (χ1n) is 6.91. The number of sulfonamides is 1. The predicted octanol–water partition coefficient (Wildman–Crippen LogP) is 3.70. The molecule has 2 N–H and O–H groups in total. The van der Waals surface area contributed by atoms with E-state index >= 15 is 0 Å². The summed E-state index contributed by atoms with van der Waals surface area (Å²) in [6.07, 6.45) is 5.88. The third-order valence-corrected chi connectivity index (χ3v) is 4.68. The summed E-state index contributed by atoms with van der Waals surface area (Å²) >= 11 is 6.18. The van der Waals surface area contributed by atoms with E-state index in [4.69, 9.17) is 11.6 Å². The maximum atomic E-state index is 11.3. The minimum atomic E-state index is -3.27. The molecule has 1 aliphatic carbocycles. The molecular formula is C14H21ClN2O2S. The van der Waals surface area contributed by atoms with Gasteiger partial charge in [-0.15, -0.1) is 0 Å². The second kappa shape index (κ2) is 6.22. The molecule has 0 spiro atoms. The highest BCUT2D eigenvalue weighted by Crippen LogP contribution is 2.33. The highest BCUT2D eigenvalue weighted by atomic mass is 35.5. The Morgan fingerprint density at radius 3 is 2.70 bits per heavy atom. The fourth-order valence-electron chi connectivity index (χ4n) is 2.71. The molecule has 0 heterocycles. The average Bonchev–Trinajstić information content (AvgIpc) is 2.79. The zero-order chi connectivity index (χ0) is 14.8. The number of rotatable bonds is 5. The SMILES string of the molecule is CCC1CCC(Nc2cc(NS(C)(=O)=O)ccc2Cl)C1. The van der Waals surface area contributed by atoms with Crippen molar-refractivity contribution in [3.63, 3.8) is 0 Å². The van der Waals surface area contributed by atoms with Crippen LogP contribution in [0.3, 0.4) is 0 Å². The highest BCUT2D eigenvalue weighted by Gasteiger charge is 2.23. The molecule has 1 aliphatic rings. The van der Waals surface area contributed by atoms with Gasteiger partial charge in [-0.1, -0.05) is 24.9 Å². The Morgan fingerprint density at radius 2 is 2.10 bits per heavy atom. The molecule has 0 saturated heterocycles. The third-order valence-electron chi connectivity index (χ3n) is 3.75. The summed E-state index contributed by atoms with van der Waals surface area (Å²) in [5, 5.41) is 4.05. The van der Waals surface area contributed by atoms with Crippen molar-refractivity contribution in [2.75, 3.05) is 16.3 Å². The van der Waals surface area contributed by atoms with Crippen molar-refractivity contribution in [3.8, 4) is 0 Å². The summed E-state index contributed by atoms with van der Waals surface area (Å²) in [5.74, 6) is 0.781. The number of halogens is 1. The lowest BCUT2D eigenvalue weighted by atomic mass is 10.1. The molecule has 1 fully saturated rings. The van der Waals surface area contributed by atoms with Crippen molar-refractivity contribution in [1.29, 1.82) is 0 Å². The number of hydrogen-bond acceptors (Lipinski definition) is 3. The lowest BCUT2D eigenvalue weighted by Crippen LogP contribution is -2.16. The topological polar surface area (TPSA) is 58.2 Å². The monoisotopic (exact) mass is 316 g/mol. The molecule has 20 heavy (non-hydrogen) atoms. The first-order valence-corrected chi connectivity index (χ1v) is 9.18. The molecule has 6 heteroatoms. The van der Waals surface area contributed by atoms with E-state index in [9.17, 15) is 8.42 Å². The zero-order valence-corrected chi connectivity index (χ0v) is 13.4. The number of benzene rings is 1. The molecule has 4 nitrogen and oxygen atoms in total. The van der Waals surface area contributed by atoms with Gasteiger partial charge >= 0.3 is 0 Å². The van der Waals surface area contributed by atoms with Gasteiger partial charge in [-0.05, 0) is 43.4 Å². The Bertz CT molecular complexity index is 575. The van der Waals surface area contributed by atoms with Gasteiger partial charge in [-0.3, -0.25) is 4.72 Å². The minimum Gasteiger partial charge on any atom is -0.381 e. The molecule has 0 aromatic heterocycles. The summed E-state index contributed by atoms with van der Waals surface area (Å²) in [5.41, 5.74) is 1.33. The first-order chi connectivity index (χ1) is 9.37. The lowest BCUT2D eigenvalue weighted by molar-refractivity contribution is 0.525. The normalized spacial score (nSPS) is 22.8. The maximum absolute atomic E-state index is 11.3. The van der Waals surface area contributed by atoms with Crippen LogP contribution in [0.25, 0.3) is 0 Å². The van der Waals surface area contributed by atoms with E-state index in [2.05, 4.69) is 17.0 Å². The van der Waals surface area contributed by atoms with Crippen molar-refractivity contribution >= 4 is 33.0 Å². The average molecular weight is 317 g/mol. The second-order valence-corrected chi connectivity index (χ2v) is 7.65. The molecule has 1 aromatic rings. The van der Waals surface area contributed by atoms with Crippen LogP contribution in [0.5, 0.6) is 0 Å². The summed E-state index contributed by atoms with van der Waals surface area (Å²) in [4.78, 5) is 0. The molecule has 2 unspecified atom stereocenters. The number of nitrogens with one attached hydrogen (secondary N) is 2. The van der Waals surface area contributed by atoms with Gasteiger partial charge in [-0.2, -0.15) is 0 Å². The van der Waals surface area contributed by atoms with Crippen molar-refractivity contribution < 1.29 is 8.42 Å². The van der Waals surface area contributed by atoms with Gasteiger partial charge in [0.25, 0.3) is 0 Å². The third kappa shape index (κ3) is 4.28. The summed E-state index contributed by atoms with van der Waals surface area (Å²) in [6, 6.07) is 5.55. The molecule has 112 valence electrons. The second-order valence-electron chi connectivity index (χ2n) is 5.50. The summed E-state index contributed by atoms with van der Waals surface area (Å²) in [6.45, 7) is 2.22. The van der Waals surface area contributed by atoms with E-state index < -0.39 is 10.0 Å². The van der Waals surface area contributed by atoms with Crippen LogP contribution in [0, 0.1) is 5.92 Å². The Labute approximate surface area is 126 Å². The van der Waals surface area contributed by atoms with E-state index in [1.807, 2.05) is 0 Å². The van der Waals surface area contributed by atoms with Crippen molar-refractivity contribution in [2.24, 2.45) is 5.92 Å². The van der Waals surface area contributed by atoms with Crippen LogP contribution < -0.4 is 10.0 Å². The molecular weight excluding hydrogens is 296 g/mol. The van der Waals surface area contributed by atoms with Gasteiger partial charge < -0.3 is 5.32 Å². The molecule has 2 rings (SSSR count). The van der Waals surface area contributed by atoms with Gasteiger partial charge in [0.05, 0.1) is 22.7 Å². The van der Waals surface area contributed by atoms with Crippen LogP contribution >= 0.6 is 11.6 Å². The molecule has 0 amide bonds. The Morgan fingerprint density at radius 1 is 1.35 bits per heavy atom. The van der Waals surface area contributed by atoms with Crippen molar-refractivity contribution in [1.82, 2.24) is 0 Å². The van der Waals surface area contributed by atoms with Crippen LogP contribution in [-0.2, 0) is 10.0 Å². The predicted molar refractivity (Wildman–Crippen MR) is 85.0 cm³/mol. The van der Waals surface area contributed by atoms with E-state index in [1.54, 1.807) is 18.2 Å². The Hall–Kier alpha value is -0.940. The van der Waals surface area contributed by atoms with Gasteiger partial charge in [0.15, 0.2) is 0 Å². The maximum Gasteiger partial charge on any atom is 0.229 e. The first kappa shape index (κ1) is 15.4. The van der Waals surface area contributed by atoms with Crippen molar-refractivity contribution in [3.05, 3.63) is 23.2 Å². The quantitative estimate of drug-likeness (QED) is 0.870. The minimum absolute atomic E-state index is 0.422. The van der Waals surface area contributed by atoms with E-state index in [0.717, 1.165) is 30.7 Å². The molecule has 2 atom stereocenters. The van der Waals surface area contributed by atoms with Crippen LogP contribution in [0.1, 0.15) is 32.6 Å². The van der Waals surface area contributed by atoms with E-state index in [0.29, 0.717) is 16.8 Å². The molecule has 0 radical (unpaired) electrons. The van der Waals surface area contributed by atoms with Gasteiger partial charge in [0.1, 0.15) is 0 Å². The van der Waals surface area contributed by atoms with Crippen LogP contribution in [0.15, 0.2) is 18.2 Å². The highest BCUT2D eigenvalue weighted by molar-refractivity contribution is 7.92. The molecule has 1 saturated carbocycles. The lowest BCUT2D eigenvalue weighted by Gasteiger charge is -2.17. The molecule has 0 aliphatic heterocycles. The van der Waals surface area contributed by atoms with E-state index in [1.165, 1.54) is 12.8 Å². The standard InChI is InChI=1S/C14H21ClN2O2S/c1-3-10-4-5-11(8-10)16-14-9-12(6-7-13(14)15)17-20(2,18)19/h6-7,9-11,16-17H,3-5,8H2,1-2H3. The van der Waals surface area contributed by atoms with Crippen LogP contribution in [0.2, 0.25) is 5.02 Å². The fourth-order valence-corrected chi connectivity index (χ4v) is 3.44. The van der Waals surface area contributed by atoms with Gasteiger partial charge in [0, 0.05) is 6.04 Å². The summed E-state index contributed by atoms with van der Waals surface area (Å²) < 4.78 is 25.0. The van der Waals surface area contributed by atoms with Crippen molar-refractivity contribution in [2.45, 2.75) is 38.6 Å². The molecule has 1 aromatic carbocycles. The van der Waals surface area contributed by atoms with Crippen LogP contribution in [-0.4, -0.2) is 20.7 Å². The number of anilines is 2. The van der Waals surface area contributed by atoms with Gasteiger partial charge in [0.2, 0.25) is 10.0 Å². The molecule has 0 bridgehead atoms. The van der Waals surface area contributed by atoms with E-state index in [-0.39, 0.29) is 0 Å². The smallest absolute Gasteiger partial charge is 0.229 e. The number of hydrogen-bond donors (Lipinski definition) is 2.